The molecule has 0 bridgehead atoms. The van der Waals surface area contributed by atoms with Crippen LogP contribution >= 0.6 is 0 Å². The van der Waals surface area contributed by atoms with Crippen molar-refractivity contribution < 1.29 is 9.53 Å². The molecule has 0 saturated heterocycles. The van der Waals surface area contributed by atoms with Crippen LogP contribution in [0.4, 0.5) is 5.69 Å². The van der Waals surface area contributed by atoms with E-state index >= 15 is 0 Å². The zero-order chi connectivity index (χ0) is 24.6. The second kappa shape index (κ2) is 11.3. The summed E-state index contributed by atoms with van der Waals surface area (Å²) in [4.78, 5) is 21.0. The molecule has 6 nitrogen and oxygen atoms in total. The first-order valence-corrected chi connectivity index (χ1v) is 12.2. The van der Waals surface area contributed by atoms with Crippen molar-refractivity contribution in [2.24, 2.45) is 0 Å². The number of rotatable bonds is 10. The molecule has 1 amide bonds. The van der Waals surface area contributed by atoms with Gasteiger partial charge in [-0.1, -0.05) is 48.5 Å². The van der Waals surface area contributed by atoms with Crippen molar-refractivity contribution in [2.75, 3.05) is 11.9 Å². The number of benzene rings is 3. The van der Waals surface area contributed by atoms with Gasteiger partial charge in [-0.15, -0.1) is 0 Å². The number of imidazole rings is 1. The van der Waals surface area contributed by atoms with E-state index in [1.54, 1.807) is 18.5 Å². The molecule has 0 spiro atoms. The van der Waals surface area contributed by atoms with Crippen LogP contribution in [0.5, 0.6) is 5.75 Å². The maximum atomic E-state index is 12.1. The fourth-order valence-corrected chi connectivity index (χ4v) is 4.18. The van der Waals surface area contributed by atoms with E-state index in [1.807, 2.05) is 54.6 Å². The Labute approximate surface area is 210 Å². The molecule has 2 aromatic heterocycles. The normalized spacial score (nSPS) is 10.9. The number of carbonyl (C=O) groups is 1. The second-order valence-electron chi connectivity index (χ2n) is 8.57. The summed E-state index contributed by atoms with van der Waals surface area (Å²) in [5, 5.41) is 2.87. The number of anilines is 1. The average molecular weight is 477 g/mol. The van der Waals surface area contributed by atoms with E-state index < -0.39 is 0 Å². The average Bonchev–Trinajstić information content (AvgIpc) is 3.31. The van der Waals surface area contributed by atoms with Crippen molar-refractivity contribution in [3.63, 3.8) is 0 Å². The number of pyridine rings is 1. The Bertz CT molecular complexity index is 1420. The molecular weight excluding hydrogens is 448 g/mol. The number of fused-ring (bicyclic) bond motifs is 1. The Hall–Kier alpha value is -4.45. The maximum Gasteiger partial charge on any atom is 0.224 e. The SMILES string of the molecule is O=C(CCCCCOc1ccc2nc(-c3ccccc3)n(-c3ccccc3)c2c1)Nc1cccnc1. The first-order chi connectivity index (χ1) is 17.8. The van der Waals surface area contributed by atoms with Crippen molar-refractivity contribution in [3.8, 4) is 22.8 Å². The van der Waals surface area contributed by atoms with Crippen molar-refractivity contribution in [2.45, 2.75) is 25.7 Å². The van der Waals surface area contributed by atoms with Gasteiger partial charge >= 0.3 is 0 Å². The molecule has 3 aromatic carbocycles. The minimum Gasteiger partial charge on any atom is -0.494 e. The van der Waals surface area contributed by atoms with Crippen LogP contribution in [0.1, 0.15) is 25.7 Å². The number of hydrogen-bond donors (Lipinski definition) is 1. The van der Waals surface area contributed by atoms with Crippen LogP contribution in [-0.4, -0.2) is 27.0 Å². The number of unbranched alkanes of at least 4 members (excludes halogenated alkanes) is 2. The number of para-hydroxylation sites is 1. The smallest absolute Gasteiger partial charge is 0.224 e. The summed E-state index contributed by atoms with van der Waals surface area (Å²) in [7, 11) is 0. The number of nitrogens with zero attached hydrogens (tertiary/aromatic N) is 3. The molecule has 0 radical (unpaired) electrons. The van der Waals surface area contributed by atoms with Gasteiger partial charge in [-0.25, -0.2) is 4.98 Å². The third-order valence-corrected chi connectivity index (χ3v) is 5.93. The maximum absolute atomic E-state index is 12.1. The lowest BCUT2D eigenvalue weighted by atomic mass is 10.2. The summed E-state index contributed by atoms with van der Waals surface area (Å²) >= 11 is 0. The highest BCUT2D eigenvalue weighted by atomic mass is 16.5. The summed E-state index contributed by atoms with van der Waals surface area (Å²) in [5.74, 6) is 1.73. The molecule has 6 heteroatoms. The highest BCUT2D eigenvalue weighted by molar-refractivity contribution is 5.90. The van der Waals surface area contributed by atoms with E-state index in [0.717, 1.165) is 58.8 Å². The minimum absolute atomic E-state index is 0.0118. The summed E-state index contributed by atoms with van der Waals surface area (Å²) in [6, 6.07) is 30.2. The standard InChI is InChI=1S/C30H28N4O2/c35-29(32-24-13-10-19-31-22-24)16-8-3-9-20-36-26-17-18-27-28(21-26)34(25-14-6-2-7-15-25)30(33-27)23-11-4-1-5-12-23/h1-2,4-7,10-15,17-19,21-22H,3,8-9,16,20H2,(H,32,35). The van der Waals surface area contributed by atoms with E-state index in [9.17, 15) is 4.79 Å². The minimum atomic E-state index is 0.0118. The van der Waals surface area contributed by atoms with Gasteiger partial charge in [0.1, 0.15) is 11.6 Å². The molecular formula is C30H28N4O2. The molecule has 1 N–H and O–H groups in total. The fraction of sp³-hybridized carbons (Fsp3) is 0.167. The van der Waals surface area contributed by atoms with Crippen LogP contribution in [0.2, 0.25) is 0 Å². The van der Waals surface area contributed by atoms with Crippen LogP contribution in [0.15, 0.2) is 103 Å². The number of hydrogen-bond acceptors (Lipinski definition) is 4. The summed E-state index contributed by atoms with van der Waals surface area (Å²) < 4.78 is 8.25. The monoisotopic (exact) mass is 476 g/mol. The molecule has 0 atom stereocenters. The Balaban J connectivity index is 1.22. The third kappa shape index (κ3) is 5.61. The predicted octanol–water partition coefficient (Wildman–Crippen LogP) is 6.67. The third-order valence-electron chi connectivity index (χ3n) is 5.93. The largest absolute Gasteiger partial charge is 0.494 e. The topological polar surface area (TPSA) is 69.0 Å². The quantitative estimate of drug-likeness (QED) is 0.229. The van der Waals surface area contributed by atoms with E-state index in [0.29, 0.717) is 13.0 Å². The van der Waals surface area contributed by atoms with E-state index in [2.05, 4.69) is 45.2 Å². The Morgan fingerprint density at radius 2 is 1.67 bits per heavy atom. The van der Waals surface area contributed by atoms with Gasteiger partial charge in [0.2, 0.25) is 5.91 Å². The zero-order valence-electron chi connectivity index (χ0n) is 20.0. The van der Waals surface area contributed by atoms with Crippen molar-refractivity contribution >= 4 is 22.6 Å². The van der Waals surface area contributed by atoms with Crippen LogP contribution < -0.4 is 10.1 Å². The molecule has 0 aliphatic rings. The Morgan fingerprint density at radius 3 is 2.44 bits per heavy atom. The highest BCUT2D eigenvalue weighted by Crippen LogP contribution is 2.30. The van der Waals surface area contributed by atoms with Gasteiger partial charge in [-0.2, -0.15) is 0 Å². The lowest BCUT2D eigenvalue weighted by Crippen LogP contribution is -2.11. The van der Waals surface area contributed by atoms with Gasteiger partial charge in [-0.05, 0) is 55.7 Å². The Morgan fingerprint density at radius 1 is 0.861 bits per heavy atom. The van der Waals surface area contributed by atoms with Gasteiger partial charge in [-0.3, -0.25) is 14.3 Å². The number of aromatic nitrogens is 3. The van der Waals surface area contributed by atoms with Gasteiger partial charge < -0.3 is 10.1 Å². The summed E-state index contributed by atoms with van der Waals surface area (Å²) in [6.07, 6.45) is 6.43. The fourth-order valence-electron chi connectivity index (χ4n) is 4.18. The van der Waals surface area contributed by atoms with Gasteiger partial charge in [0.05, 0.1) is 29.5 Å². The first kappa shape index (κ1) is 23.3. The van der Waals surface area contributed by atoms with Crippen LogP contribution in [0.3, 0.4) is 0 Å². The first-order valence-electron chi connectivity index (χ1n) is 12.2. The Kier molecular flexibility index (Phi) is 7.32. The molecule has 5 rings (SSSR count). The van der Waals surface area contributed by atoms with Crippen LogP contribution in [0.25, 0.3) is 28.1 Å². The molecule has 0 aliphatic carbocycles. The van der Waals surface area contributed by atoms with Crippen molar-refractivity contribution in [1.29, 1.82) is 0 Å². The highest BCUT2D eigenvalue weighted by Gasteiger charge is 2.15. The number of ether oxygens (including phenoxy) is 1. The number of carbonyl (C=O) groups excluding carboxylic acids is 1. The van der Waals surface area contributed by atoms with Gasteiger partial charge in [0, 0.05) is 29.9 Å². The predicted molar refractivity (Wildman–Crippen MR) is 143 cm³/mol. The van der Waals surface area contributed by atoms with Crippen molar-refractivity contribution in [3.05, 3.63) is 103 Å². The van der Waals surface area contributed by atoms with E-state index in [1.165, 1.54) is 0 Å². The van der Waals surface area contributed by atoms with Gasteiger partial charge in [0.25, 0.3) is 0 Å². The molecule has 36 heavy (non-hydrogen) atoms. The van der Waals surface area contributed by atoms with Gasteiger partial charge in [0.15, 0.2) is 0 Å². The van der Waals surface area contributed by atoms with E-state index in [4.69, 9.17) is 9.72 Å². The van der Waals surface area contributed by atoms with Crippen molar-refractivity contribution in [1.82, 2.24) is 14.5 Å². The lowest BCUT2D eigenvalue weighted by molar-refractivity contribution is -0.116. The molecule has 0 aliphatic heterocycles. The molecule has 0 fully saturated rings. The molecule has 0 unspecified atom stereocenters. The van der Waals surface area contributed by atoms with E-state index in [-0.39, 0.29) is 5.91 Å². The second-order valence-corrected chi connectivity index (χ2v) is 8.57. The molecule has 0 saturated carbocycles. The molecule has 180 valence electrons. The summed E-state index contributed by atoms with van der Waals surface area (Å²) in [5.41, 5.74) is 4.77. The molecule has 5 aromatic rings. The van der Waals surface area contributed by atoms with Crippen LogP contribution in [-0.2, 0) is 4.79 Å². The number of amides is 1. The summed E-state index contributed by atoms with van der Waals surface area (Å²) in [6.45, 7) is 0.598. The zero-order valence-corrected chi connectivity index (χ0v) is 20.0. The lowest BCUT2D eigenvalue weighted by Gasteiger charge is -2.11. The van der Waals surface area contributed by atoms with Crippen LogP contribution in [0, 0.1) is 0 Å². The molecule has 2 heterocycles. The number of nitrogens with one attached hydrogen (secondary N) is 1.